The summed E-state index contributed by atoms with van der Waals surface area (Å²) in [5.41, 5.74) is 1.58. The number of thioether (sulfide) groups is 1. The van der Waals surface area contributed by atoms with Gasteiger partial charge < -0.3 is 19.2 Å². The summed E-state index contributed by atoms with van der Waals surface area (Å²) in [7, 11) is 3.14. The van der Waals surface area contributed by atoms with Crippen molar-refractivity contribution in [1.82, 2.24) is 20.5 Å². The number of carbonyl (C=O) groups is 1. The van der Waals surface area contributed by atoms with Gasteiger partial charge in [0, 0.05) is 23.9 Å². The Bertz CT molecular complexity index is 898. The molecular formula is C18H18N4O4S. The van der Waals surface area contributed by atoms with E-state index in [-0.39, 0.29) is 11.7 Å². The Labute approximate surface area is 160 Å². The third kappa shape index (κ3) is 4.98. The van der Waals surface area contributed by atoms with E-state index in [0.717, 1.165) is 16.9 Å². The lowest BCUT2D eigenvalue weighted by Crippen LogP contribution is -2.24. The molecule has 1 N–H and O–H groups in total. The number of hydrogen-bond donors (Lipinski definition) is 1. The smallest absolute Gasteiger partial charge is 0.277 e. The molecule has 0 aliphatic carbocycles. The van der Waals surface area contributed by atoms with Gasteiger partial charge in [0.1, 0.15) is 5.75 Å². The van der Waals surface area contributed by atoms with Crippen molar-refractivity contribution in [3.8, 4) is 23.1 Å². The summed E-state index contributed by atoms with van der Waals surface area (Å²) in [4.78, 5) is 16.1. The number of hydrogen-bond acceptors (Lipinski definition) is 8. The van der Waals surface area contributed by atoms with E-state index >= 15 is 0 Å². The minimum atomic E-state index is -0.157. The quantitative estimate of drug-likeness (QED) is 0.590. The number of aromatic nitrogens is 3. The van der Waals surface area contributed by atoms with Crippen molar-refractivity contribution in [2.75, 3.05) is 20.0 Å². The first-order chi connectivity index (χ1) is 13.2. The van der Waals surface area contributed by atoms with Crippen molar-refractivity contribution in [3.05, 3.63) is 48.2 Å². The summed E-state index contributed by atoms with van der Waals surface area (Å²) >= 11 is 1.17. The summed E-state index contributed by atoms with van der Waals surface area (Å²) in [5.74, 6) is 1.63. The zero-order chi connectivity index (χ0) is 19.1. The number of nitrogens with one attached hydrogen (secondary N) is 1. The fourth-order valence-corrected chi connectivity index (χ4v) is 2.83. The first-order valence-electron chi connectivity index (χ1n) is 8.05. The number of rotatable bonds is 8. The van der Waals surface area contributed by atoms with Crippen molar-refractivity contribution in [3.63, 3.8) is 0 Å². The molecule has 0 fully saturated rings. The molecule has 9 heteroatoms. The molecule has 0 atom stereocenters. The molecular weight excluding hydrogens is 368 g/mol. The maximum atomic E-state index is 12.0. The largest absolute Gasteiger partial charge is 0.497 e. The molecule has 0 aliphatic heterocycles. The summed E-state index contributed by atoms with van der Waals surface area (Å²) < 4.78 is 15.9. The SMILES string of the molecule is COc1ccc(-c2nnc(SCC(=O)NCc3cccnc3OC)o2)cc1. The van der Waals surface area contributed by atoms with E-state index in [2.05, 4.69) is 20.5 Å². The number of nitrogens with zero attached hydrogens (tertiary/aromatic N) is 3. The highest BCUT2D eigenvalue weighted by atomic mass is 32.2. The summed E-state index contributed by atoms with van der Waals surface area (Å²) in [6, 6.07) is 10.9. The van der Waals surface area contributed by atoms with Crippen LogP contribution in [0.25, 0.3) is 11.5 Å². The Hall–Kier alpha value is -3.07. The summed E-state index contributed by atoms with van der Waals surface area (Å²) in [6.45, 7) is 0.331. The van der Waals surface area contributed by atoms with E-state index in [4.69, 9.17) is 13.9 Å². The maximum absolute atomic E-state index is 12.0. The van der Waals surface area contributed by atoms with Crippen LogP contribution in [0.15, 0.2) is 52.2 Å². The number of amides is 1. The van der Waals surface area contributed by atoms with Gasteiger partial charge in [-0.25, -0.2) is 4.98 Å². The Morgan fingerprint density at radius 2 is 1.96 bits per heavy atom. The highest BCUT2D eigenvalue weighted by molar-refractivity contribution is 7.99. The number of benzene rings is 1. The number of pyridine rings is 1. The zero-order valence-electron chi connectivity index (χ0n) is 14.8. The second-order valence-electron chi connectivity index (χ2n) is 5.34. The molecule has 0 saturated carbocycles. The number of methoxy groups -OCH3 is 2. The van der Waals surface area contributed by atoms with Gasteiger partial charge in [-0.2, -0.15) is 0 Å². The Balaban J connectivity index is 1.51. The van der Waals surface area contributed by atoms with Gasteiger partial charge in [-0.1, -0.05) is 17.8 Å². The van der Waals surface area contributed by atoms with Gasteiger partial charge >= 0.3 is 0 Å². The minimum Gasteiger partial charge on any atom is -0.497 e. The standard InChI is InChI=1S/C18H18N4O4S/c1-24-14-7-5-12(6-8-14)17-21-22-18(26-17)27-11-15(23)20-10-13-4-3-9-19-16(13)25-2/h3-9H,10-11H2,1-2H3,(H,20,23). The molecule has 0 aliphatic rings. The summed E-state index contributed by atoms with van der Waals surface area (Å²) in [6.07, 6.45) is 1.63. The third-order valence-electron chi connectivity index (χ3n) is 3.59. The zero-order valence-corrected chi connectivity index (χ0v) is 15.7. The molecule has 0 bridgehead atoms. The van der Waals surface area contributed by atoms with Crippen LogP contribution >= 0.6 is 11.8 Å². The van der Waals surface area contributed by atoms with Crippen LogP contribution < -0.4 is 14.8 Å². The molecule has 0 radical (unpaired) electrons. The molecule has 0 unspecified atom stereocenters. The lowest BCUT2D eigenvalue weighted by molar-refractivity contribution is -0.118. The van der Waals surface area contributed by atoms with E-state index in [1.807, 2.05) is 30.3 Å². The first-order valence-corrected chi connectivity index (χ1v) is 9.03. The fraction of sp³-hybridized carbons (Fsp3) is 0.222. The predicted octanol–water partition coefficient (Wildman–Crippen LogP) is 2.56. The average Bonchev–Trinajstić information content (AvgIpc) is 3.20. The van der Waals surface area contributed by atoms with Crippen LogP contribution in [0.2, 0.25) is 0 Å². The third-order valence-corrected chi connectivity index (χ3v) is 4.41. The predicted molar refractivity (Wildman–Crippen MR) is 99.6 cm³/mol. The molecule has 3 aromatic rings. The van der Waals surface area contributed by atoms with Gasteiger partial charge in [-0.05, 0) is 30.3 Å². The molecule has 2 aromatic heterocycles. The van der Waals surface area contributed by atoms with E-state index in [1.165, 1.54) is 11.8 Å². The van der Waals surface area contributed by atoms with Crippen LogP contribution in [-0.4, -0.2) is 41.1 Å². The van der Waals surface area contributed by atoms with E-state index in [0.29, 0.717) is 23.5 Å². The van der Waals surface area contributed by atoms with Crippen LogP contribution in [0, 0.1) is 0 Å². The molecule has 1 aromatic carbocycles. The van der Waals surface area contributed by atoms with Crippen LogP contribution in [0.3, 0.4) is 0 Å². The van der Waals surface area contributed by atoms with Gasteiger partial charge in [0.05, 0.1) is 20.0 Å². The van der Waals surface area contributed by atoms with Crippen LogP contribution in [0.1, 0.15) is 5.56 Å². The number of carbonyl (C=O) groups excluding carboxylic acids is 1. The Morgan fingerprint density at radius 3 is 2.70 bits per heavy atom. The average molecular weight is 386 g/mol. The van der Waals surface area contributed by atoms with Gasteiger partial charge in [-0.3, -0.25) is 4.79 Å². The Kier molecular flexibility index (Phi) is 6.26. The molecule has 140 valence electrons. The topological polar surface area (TPSA) is 99.4 Å². The van der Waals surface area contributed by atoms with E-state index in [9.17, 15) is 4.79 Å². The lowest BCUT2D eigenvalue weighted by atomic mass is 10.2. The van der Waals surface area contributed by atoms with Crippen molar-refractivity contribution < 1.29 is 18.7 Å². The molecule has 27 heavy (non-hydrogen) atoms. The highest BCUT2D eigenvalue weighted by Crippen LogP contribution is 2.24. The first kappa shape index (κ1) is 18.7. The van der Waals surface area contributed by atoms with Crippen molar-refractivity contribution in [2.45, 2.75) is 11.8 Å². The monoisotopic (exact) mass is 386 g/mol. The molecule has 0 spiro atoms. The van der Waals surface area contributed by atoms with Gasteiger partial charge in [0.2, 0.25) is 17.7 Å². The van der Waals surface area contributed by atoms with Crippen LogP contribution in [-0.2, 0) is 11.3 Å². The molecule has 3 rings (SSSR count). The number of ether oxygens (including phenoxy) is 2. The lowest BCUT2D eigenvalue weighted by Gasteiger charge is -2.07. The summed E-state index contributed by atoms with van der Waals surface area (Å²) in [5, 5.41) is 11.1. The molecule has 8 nitrogen and oxygen atoms in total. The molecule has 0 saturated heterocycles. The van der Waals surface area contributed by atoms with Crippen molar-refractivity contribution >= 4 is 17.7 Å². The van der Waals surface area contributed by atoms with Crippen LogP contribution in [0.4, 0.5) is 0 Å². The fourth-order valence-electron chi connectivity index (χ4n) is 2.23. The normalized spacial score (nSPS) is 10.4. The van der Waals surface area contributed by atoms with Crippen molar-refractivity contribution in [1.29, 1.82) is 0 Å². The van der Waals surface area contributed by atoms with E-state index in [1.54, 1.807) is 26.5 Å². The molecule has 2 heterocycles. The second kappa shape index (κ2) is 9.04. The Morgan fingerprint density at radius 1 is 1.15 bits per heavy atom. The van der Waals surface area contributed by atoms with Gasteiger partial charge in [0.25, 0.3) is 5.22 Å². The minimum absolute atomic E-state index is 0.157. The van der Waals surface area contributed by atoms with E-state index < -0.39 is 0 Å². The molecule has 1 amide bonds. The van der Waals surface area contributed by atoms with Crippen LogP contribution in [0.5, 0.6) is 11.6 Å². The van der Waals surface area contributed by atoms with Gasteiger partial charge in [0.15, 0.2) is 0 Å². The second-order valence-corrected chi connectivity index (χ2v) is 6.27. The highest BCUT2D eigenvalue weighted by Gasteiger charge is 2.12. The van der Waals surface area contributed by atoms with Gasteiger partial charge in [-0.15, -0.1) is 10.2 Å². The van der Waals surface area contributed by atoms with Crippen molar-refractivity contribution in [2.24, 2.45) is 0 Å². The maximum Gasteiger partial charge on any atom is 0.277 e.